The molecule has 0 aliphatic rings. The van der Waals surface area contributed by atoms with Crippen molar-refractivity contribution in [2.45, 2.75) is 26.3 Å². The predicted molar refractivity (Wildman–Crippen MR) is 78.3 cm³/mol. The third kappa shape index (κ3) is 4.10. The summed E-state index contributed by atoms with van der Waals surface area (Å²) in [6.45, 7) is 4.11. The number of aromatic nitrogens is 2. The molecule has 1 heterocycles. The highest BCUT2D eigenvalue weighted by Crippen LogP contribution is 2.17. The van der Waals surface area contributed by atoms with E-state index in [2.05, 4.69) is 5.10 Å². The van der Waals surface area contributed by atoms with Gasteiger partial charge < -0.3 is 4.74 Å². The summed E-state index contributed by atoms with van der Waals surface area (Å²) in [5.74, 6) is 0.581. The number of halogens is 1. The maximum absolute atomic E-state index is 11.8. The molecule has 0 amide bonds. The fraction of sp³-hybridized carbons (Fsp3) is 0.333. The van der Waals surface area contributed by atoms with Gasteiger partial charge in [-0.3, -0.25) is 9.48 Å². The second-order valence-electron chi connectivity index (χ2n) is 4.84. The van der Waals surface area contributed by atoms with Crippen LogP contribution in [-0.2, 0) is 11.2 Å². The first-order valence-electron chi connectivity index (χ1n) is 6.48. The number of nitrogens with zero attached hydrogens (tertiary/aromatic N) is 2. The average molecular weight is 293 g/mol. The van der Waals surface area contributed by atoms with Gasteiger partial charge in [-0.05, 0) is 38.1 Å². The zero-order chi connectivity index (χ0) is 14.5. The number of ether oxygens (including phenoxy) is 1. The summed E-state index contributed by atoms with van der Waals surface area (Å²) in [5, 5.41) is 4.93. The molecular weight excluding hydrogens is 276 g/mol. The van der Waals surface area contributed by atoms with Gasteiger partial charge in [0.2, 0.25) is 0 Å². The highest BCUT2D eigenvalue weighted by Gasteiger charge is 2.09. The number of Topliss-reactive ketones (excluding diaryl/α,β-unsaturated/α-hetero) is 1. The van der Waals surface area contributed by atoms with Crippen molar-refractivity contribution in [3.8, 4) is 5.75 Å². The molecule has 0 fully saturated rings. The van der Waals surface area contributed by atoms with Crippen LogP contribution in [0.1, 0.15) is 25.6 Å². The van der Waals surface area contributed by atoms with Gasteiger partial charge in [0.05, 0.1) is 12.1 Å². The molecule has 0 bridgehead atoms. The van der Waals surface area contributed by atoms with E-state index in [4.69, 9.17) is 16.3 Å². The number of ketones is 1. The number of carbonyl (C=O) groups is 1. The molecular formula is C15H17ClN2O2. The van der Waals surface area contributed by atoms with Crippen molar-refractivity contribution >= 4 is 17.4 Å². The Kier molecular flexibility index (Phi) is 4.79. The molecule has 106 valence electrons. The van der Waals surface area contributed by atoms with Crippen molar-refractivity contribution in [1.82, 2.24) is 9.78 Å². The lowest BCUT2D eigenvalue weighted by atomic mass is 10.2. The Labute approximate surface area is 123 Å². The SMILES string of the molecule is CC(C)n1ccc(CC(=O)COc2cccc(Cl)c2)n1. The Morgan fingerprint density at radius 3 is 2.85 bits per heavy atom. The van der Waals surface area contributed by atoms with E-state index in [0.29, 0.717) is 16.8 Å². The summed E-state index contributed by atoms with van der Waals surface area (Å²) in [5.41, 5.74) is 0.762. The minimum atomic E-state index is -0.0148. The summed E-state index contributed by atoms with van der Waals surface area (Å²) in [6.07, 6.45) is 2.16. The van der Waals surface area contributed by atoms with Crippen molar-refractivity contribution < 1.29 is 9.53 Å². The Hall–Kier alpha value is -1.81. The van der Waals surface area contributed by atoms with Crippen molar-refractivity contribution in [3.05, 3.63) is 47.2 Å². The normalized spacial score (nSPS) is 10.8. The topological polar surface area (TPSA) is 44.1 Å². The third-order valence-corrected chi connectivity index (χ3v) is 3.00. The predicted octanol–water partition coefficient (Wildman–Crippen LogP) is 3.31. The van der Waals surface area contributed by atoms with Gasteiger partial charge in [0.25, 0.3) is 0 Å². The average Bonchev–Trinajstić information content (AvgIpc) is 2.85. The molecule has 0 saturated heterocycles. The standard InChI is InChI=1S/C15H17ClN2O2/c1-11(2)18-7-6-13(17-18)9-14(19)10-20-15-5-3-4-12(16)8-15/h3-8,11H,9-10H2,1-2H3. The largest absolute Gasteiger partial charge is 0.486 e. The quantitative estimate of drug-likeness (QED) is 0.820. The molecule has 0 radical (unpaired) electrons. The molecule has 2 aromatic rings. The van der Waals surface area contributed by atoms with E-state index in [1.165, 1.54) is 0 Å². The van der Waals surface area contributed by atoms with Crippen molar-refractivity contribution in [1.29, 1.82) is 0 Å². The van der Waals surface area contributed by atoms with Gasteiger partial charge in [0.15, 0.2) is 5.78 Å². The highest BCUT2D eigenvalue weighted by molar-refractivity contribution is 6.30. The maximum Gasteiger partial charge on any atom is 0.176 e. The second kappa shape index (κ2) is 6.57. The molecule has 0 N–H and O–H groups in total. The van der Waals surface area contributed by atoms with Crippen LogP contribution in [0.15, 0.2) is 36.5 Å². The Morgan fingerprint density at radius 1 is 1.40 bits per heavy atom. The molecule has 1 aromatic carbocycles. The second-order valence-corrected chi connectivity index (χ2v) is 5.28. The molecule has 20 heavy (non-hydrogen) atoms. The zero-order valence-electron chi connectivity index (χ0n) is 11.5. The third-order valence-electron chi connectivity index (χ3n) is 2.77. The van der Waals surface area contributed by atoms with Gasteiger partial charge in [-0.2, -0.15) is 5.10 Å². The first-order chi connectivity index (χ1) is 9.54. The minimum Gasteiger partial charge on any atom is -0.486 e. The number of rotatable bonds is 6. The summed E-state index contributed by atoms with van der Waals surface area (Å²) in [7, 11) is 0. The zero-order valence-corrected chi connectivity index (χ0v) is 12.3. The Bertz CT molecular complexity index is 593. The molecule has 0 unspecified atom stereocenters. The molecule has 1 aromatic heterocycles. The van der Waals surface area contributed by atoms with E-state index in [9.17, 15) is 4.79 Å². The van der Waals surface area contributed by atoms with E-state index >= 15 is 0 Å². The summed E-state index contributed by atoms with van der Waals surface area (Å²) >= 11 is 5.84. The molecule has 0 saturated carbocycles. The Balaban J connectivity index is 1.86. The molecule has 4 nitrogen and oxygen atoms in total. The molecule has 0 atom stereocenters. The van der Waals surface area contributed by atoms with Crippen LogP contribution in [0.25, 0.3) is 0 Å². The van der Waals surface area contributed by atoms with Gasteiger partial charge in [-0.1, -0.05) is 17.7 Å². The van der Waals surface area contributed by atoms with Crippen molar-refractivity contribution in [2.75, 3.05) is 6.61 Å². The van der Waals surface area contributed by atoms with Crippen LogP contribution in [0.5, 0.6) is 5.75 Å². The fourth-order valence-electron chi connectivity index (χ4n) is 1.73. The lowest BCUT2D eigenvalue weighted by molar-refractivity contribution is -0.120. The Morgan fingerprint density at radius 2 is 2.20 bits per heavy atom. The number of benzene rings is 1. The summed E-state index contributed by atoms with van der Waals surface area (Å²) in [4.78, 5) is 11.8. The van der Waals surface area contributed by atoms with Crippen molar-refractivity contribution in [3.63, 3.8) is 0 Å². The van der Waals surface area contributed by atoms with Crippen LogP contribution in [0, 0.1) is 0 Å². The lowest BCUT2D eigenvalue weighted by Crippen LogP contribution is -2.14. The molecule has 2 rings (SSSR count). The van der Waals surface area contributed by atoms with Gasteiger partial charge in [0.1, 0.15) is 12.4 Å². The van der Waals surface area contributed by atoms with Crippen LogP contribution in [0.3, 0.4) is 0 Å². The first kappa shape index (κ1) is 14.6. The lowest BCUT2D eigenvalue weighted by Gasteiger charge is -2.05. The van der Waals surface area contributed by atoms with Crippen LogP contribution in [-0.4, -0.2) is 22.2 Å². The fourth-order valence-corrected chi connectivity index (χ4v) is 1.91. The highest BCUT2D eigenvalue weighted by atomic mass is 35.5. The first-order valence-corrected chi connectivity index (χ1v) is 6.86. The summed E-state index contributed by atoms with van der Waals surface area (Å²) < 4.78 is 7.24. The van der Waals surface area contributed by atoms with Gasteiger partial charge in [-0.25, -0.2) is 0 Å². The van der Waals surface area contributed by atoms with E-state index in [1.807, 2.05) is 30.8 Å². The monoisotopic (exact) mass is 292 g/mol. The smallest absolute Gasteiger partial charge is 0.176 e. The van der Waals surface area contributed by atoms with Crippen LogP contribution < -0.4 is 4.74 Å². The molecule has 0 aliphatic heterocycles. The number of hydrogen-bond donors (Lipinski definition) is 0. The number of carbonyl (C=O) groups excluding carboxylic acids is 1. The number of hydrogen-bond acceptors (Lipinski definition) is 3. The van der Waals surface area contributed by atoms with Crippen LogP contribution >= 0.6 is 11.6 Å². The van der Waals surface area contributed by atoms with Crippen molar-refractivity contribution in [2.24, 2.45) is 0 Å². The van der Waals surface area contributed by atoms with E-state index in [-0.39, 0.29) is 18.8 Å². The molecule has 0 spiro atoms. The maximum atomic E-state index is 11.8. The summed E-state index contributed by atoms with van der Waals surface area (Å²) in [6, 6.07) is 9.15. The van der Waals surface area contributed by atoms with Crippen LogP contribution in [0.4, 0.5) is 0 Å². The van der Waals surface area contributed by atoms with E-state index < -0.39 is 0 Å². The minimum absolute atomic E-state index is 0.0148. The molecule has 0 aliphatic carbocycles. The van der Waals surface area contributed by atoms with E-state index in [0.717, 1.165) is 5.69 Å². The van der Waals surface area contributed by atoms with Gasteiger partial charge in [-0.15, -0.1) is 0 Å². The van der Waals surface area contributed by atoms with Gasteiger partial charge >= 0.3 is 0 Å². The van der Waals surface area contributed by atoms with E-state index in [1.54, 1.807) is 24.3 Å². The van der Waals surface area contributed by atoms with Gasteiger partial charge in [0, 0.05) is 17.3 Å². The van der Waals surface area contributed by atoms with Crippen LogP contribution in [0.2, 0.25) is 5.02 Å². The molecule has 5 heteroatoms.